The SMILES string of the molecule is CC1=C(C(=O)Nc2ccccc2)C(c2cccc(NC(=O)C(c3ccccc3)c3ccccc3)c2)N2CCCSC2=N1. The Bertz CT molecular complexity index is 1600. The van der Waals surface area contributed by atoms with Gasteiger partial charge in [-0.15, -0.1) is 0 Å². The lowest BCUT2D eigenvalue weighted by Crippen LogP contribution is -2.43. The molecule has 6 nitrogen and oxygen atoms in total. The molecule has 0 aromatic heterocycles. The number of para-hydroxylation sites is 1. The minimum Gasteiger partial charge on any atom is -0.340 e. The molecule has 2 amide bonds. The minimum absolute atomic E-state index is 0.113. The summed E-state index contributed by atoms with van der Waals surface area (Å²) in [7, 11) is 0. The first-order chi connectivity index (χ1) is 20.6. The highest BCUT2D eigenvalue weighted by Gasteiger charge is 2.37. The molecule has 210 valence electrons. The van der Waals surface area contributed by atoms with Gasteiger partial charge in [-0.25, -0.2) is 4.99 Å². The zero-order valence-electron chi connectivity index (χ0n) is 23.4. The lowest BCUT2D eigenvalue weighted by Gasteiger charge is -2.41. The predicted octanol–water partition coefficient (Wildman–Crippen LogP) is 7.22. The Morgan fingerprint density at radius 2 is 1.43 bits per heavy atom. The summed E-state index contributed by atoms with van der Waals surface area (Å²) in [6, 6.07) is 36.6. The van der Waals surface area contributed by atoms with Crippen molar-refractivity contribution in [3.63, 3.8) is 0 Å². The van der Waals surface area contributed by atoms with Crippen LogP contribution in [0.15, 0.2) is 132 Å². The van der Waals surface area contributed by atoms with Gasteiger partial charge in [0.25, 0.3) is 5.91 Å². The highest BCUT2D eigenvalue weighted by Crippen LogP contribution is 2.40. The van der Waals surface area contributed by atoms with Gasteiger partial charge in [-0.3, -0.25) is 9.59 Å². The highest BCUT2D eigenvalue weighted by atomic mass is 32.2. The van der Waals surface area contributed by atoms with E-state index in [1.165, 1.54) is 0 Å². The van der Waals surface area contributed by atoms with Crippen LogP contribution in [0.3, 0.4) is 0 Å². The monoisotopic (exact) mass is 572 g/mol. The molecule has 1 unspecified atom stereocenters. The van der Waals surface area contributed by atoms with Crippen LogP contribution in [0.25, 0.3) is 0 Å². The third-order valence-corrected chi connectivity index (χ3v) is 8.61. The second-order valence-electron chi connectivity index (χ2n) is 10.4. The van der Waals surface area contributed by atoms with Gasteiger partial charge in [0.1, 0.15) is 0 Å². The molecule has 0 spiro atoms. The first-order valence-corrected chi connectivity index (χ1v) is 15.1. The summed E-state index contributed by atoms with van der Waals surface area (Å²) in [5, 5.41) is 7.18. The number of rotatable bonds is 7. The van der Waals surface area contributed by atoms with E-state index in [1.54, 1.807) is 11.8 Å². The molecular weight excluding hydrogens is 540 g/mol. The van der Waals surface area contributed by atoms with Crippen LogP contribution in [0.2, 0.25) is 0 Å². The van der Waals surface area contributed by atoms with Gasteiger partial charge in [0.2, 0.25) is 5.91 Å². The summed E-state index contributed by atoms with van der Waals surface area (Å²) in [5.41, 5.74) is 5.51. The second kappa shape index (κ2) is 12.5. The Labute approximate surface area is 250 Å². The molecule has 0 saturated carbocycles. The largest absolute Gasteiger partial charge is 0.340 e. The van der Waals surface area contributed by atoms with Crippen molar-refractivity contribution in [1.29, 1.82) is 0 Å². The predicted molar refractivity (Wildman–Crippen MR) is 172 cm³/mol. The van der Waals surface area contributed by atoms with E-state index in [9.17, 15) is 9.59 Å². The van der Waals surface area contributed by atoms with Gasteiger partial charge in [-0.05, 0) is 54.3 Å². The Kier molecular flexibility index (Phi) is 8.19. The number of anilines is 2. The van der Waals surface area contributed by atoms with Gasteiger partial charge in [-0.1, -0.05) is 103 Å². The molecule has 1 saturated heterocycles. The summed E-state index contributed by atoms with van der Waals surface area (Å²) >= 11 is 1.72. The Balaban J connectivity index is 1.33. The molecule has 0 aliphatic carbocycles. The van der Waals surface area contributed by atoms with Crippen molar-refractivity contribution in [2.45, 2.75) is 25.3 Å². The zero-order chi connectivity index (χ0) is 28.9. The first kappa shape index (κ1) is 27.5. The molecule has 6 rings (SSSR count). The van der Waals surface area contributed by atoms with Crippen LogP contribution in [0.5, 0.6) is 0 Å². The Morgan fingerprint density at radius 1 is 0.810 bits per heavy atom. The van der Waals surface area contributed by atoms with Crippen molar-refractivity contribution in [3.8, 4) is 0 Å². The maximum atomic E-state index is 13.8. The van der Waals surface area contributed by atoms with Gasteiger partial charge >= 0.3 is 0 Å². The van der Waals surface area contributed by atoms with Crippen molar-refractivity contribution < 1.29 is 9.59 Å². The molecule has 0 radical (unpaired) electrons. The van der Waals surface area contributed by atoms with Gasteiger partial charge in [0.05, 0.1) is 23.2 Å². The summed E-state index contributed by atoms with van der Waals surface area (Å²) in [6.07, 6.45) is 0.999. The van der Waals surface area contributed by atoms with E-state index in [-0.39, 0.29) is 17.9 Å². The van der Waals surface area contributed by atoms with Crippen LogP contribution >= 0.6 is 11.8 Å². The van der Waals surface area contributed by atoms with E-state index >= 15 is 0 Å². The van der Waals surface area contributed by atoms with E-state index in [2.05, 4.69) is 15.5 Å². The number of benzene rings is 4. The Morgan fingerprint density at radius 3 is 2.10 bits per heavy atom. The number of amidine groups is 1. The summed E-state index contributed by atoms with van der Waals surface area (Å²) < 4.78 is 0. The van der Waals surface area contributed by atoms with Crippen LogP contribution in [-0.4, -0.2) is 34.2 Å². The van der Waals surface area contributed by atoms with E-state index in [4.69, 9.17) is 4.99 Å². The first-order valence-electron chi connectivity index (χ1n) is 14.1. The molecule has 2 heterocycles. The van der Waals surface area contributed by atoms with Crippen LogP contribution in [-0.2, 0) is 9.59 Å². The molecule has 2 N–H and O–H groups in total. The molecule has 1 fully saturated rings. The molecular formula is C35H32N4O2S. The fourth-order valence-electron chi connectivity index (χ4n) is 5.61. The van der Waals surface area contributed by atoms with E-state index < -0.39 is 5.92 Å². The van der Waals surface area contributed by atoms with Crippen molar-refractivity contribution in [2.75, 3.05) is 22.9 Å². The van der Waals surface area contributed by atoms with Gasteiger partial charge < -0.3 is 15.5 Å². The standard InChI is InChI=1S/C35H32N4O2S/c1-24-30(33(40)37-28-18-9-4-10-19-28)32(39-21-12-22-42-35(39)36-24)27-17-11-20-29(23-27)38-34(41)31(25-13-5-2-6-14-25)26-15-7-3-8-16-26/h2-11,13-20,23,31-32H,12,21-22H2,1H3,(H,37,40)(H,38,41). The highest BCUT2D eigenvalue weighted by molar-refractivity contribution is 8.13. The number of fused-ring (bicyclic) bond motifs is 1. The summed E-state index contributed by atoms with van der Waals surface area (Å²) in [4.78, 5) is 34.7. The molecule has 4 aromatic rings. The number of amides is 2. The van der Waals surface area contributed by atoms with Gasteiger partial charge in [-0.2, -0.15) is 0 Å². The molecule has 2 aliphatic rings. The zero-order valence-corrected chi connectivity index (χ0v) is 24.2. The number of nitrogens with zero attached hydrogens (tertiary/aromatic N) is 2. The molecule has 1 atom stereocenters. The van der Waals surface area contributed by atoms with Crippen molar-refractivity contribution in [2.24, 2.45) is 4.99 Å². The smallest absolute Gasteiger partial charge is 0.255 e. The average molecular weight is 573 g/mol. The molecule has 0 bridgehead atoms. The molecule has 4 aromatic carbocycles. The van der Waals surface area contributed by atoms with E-state index in [0.29, 0.717) is 17.0 Å². The summed E-state index contributed by atoms with van der Waals surface area (Å²) in [5.74, 6) is 0.247. The summed E-state index contributed by atoms with van der Waals surface area (Å²) in [6.45, 7) is 2.70. The number of aliphatic imine (C=N–C) groups is 1. The van der Waals surface area contributed by atoms with Gasteiger partial charge in [0, 0.05) is 23.7 Å². The number of carbonyl (C=O) groups excluding carboxylic acids is 2. The maximum absolute atomic E-state index is 13.8. The van der Waals surface area contributed by atoms with E-state index in [1.807, 2.05) is 122 Å². The Hall–Kier alpha value is -4.62. The second-order valence-corrected chi connectivity index (χ2v) is 11.4. The quantitative estimate of drug-likeness (QED) is 0.245. The maximum Gasteiger partial charge on any atom is 0.255 e. The number of allylic oxidation sites excluding steroid dienone is 1. The third-order valence-electron chi connectivity index (χ3n) is 7.53. The lowest BCUT2D eigenvalue weighted by molar-refractivity contribution is -0.117. The fourth-order valence-corrected chi connectivity index (χ4v) is 6.63. The number of carbonyl (C=O) groups is 2. The number of thioether (sulfide) groups is 1. The van der Waals surface area contributed by atoms with Crippen LogP contribution in [0.1, 0.15) is 42.0 Å². The lowest BCUT2D eigenvalue weighted by atomic mass is 9.90. The molecule has 42 heavy (non-hydrogen) atoms. The number of hydrogen-bond donors (Lipinski definition) is 2. The topological polar surface area (TPSA) is 73.8 Å². The van der Waals surface area contributed by atoms with Crippen LogP contribution in [0.4, 0.5) is 11.4 Å². The van der Waals surface area contributed by atoms with E-state index in [0.717, 1.165) is 46.3 Å². The fraction of sp³-hybridized carbons (Fsp3) is 0.171. The normalized spacial score (nSPS) is 16.5. The van der Waals surface area contributed by atoms with Crippen LogP contribution < -0.4 is 10.6 Å². The third kappa shape index (κ3) is 5.87. The average Bonchev–Trinajstić information content (AvgIpc) is 3.02. The van der Waals surface area contributed by atoms with Crippen molar-refractivity contribution in [3.05, 3.63) is 143 Å². The van der Waals surface area contributed by atoms with Crippen molar-refractivity contribution in [1.82, 2.24) is 4.90 Å². The minimum atomic E-state index is -0.461. The van der Waals surface area contributed by atoms with Gasteiger partial charge in [0.15, 0.2) is 5.17 Å². The van der Waals surface area contributed by atoms with Crippen molar-refractivity contribution >= 4 is 40.1 Å². The number of hydrogen-bond acceptors (Lipinski definition) is 5. The number of nitrogens with one attached hydrogen (secondary N) is 2. The molecule has 7 heteroatoms. The van der Waals surface area contributed by atoms with Crippen LogP contribution in [0, 0.1) is 0 Å². The molecule has 2 aliphatic heterocycles.